The van der Waals surface area contributed by atoms with E-state index in [1.165, 1.54) is 11.1 Å². The van der Waals surface area contributed by atoms with Crippen LogP contribution in [0.2, 0.25) is 0 Å². The number of H-pyrrole nitrogens is 1. The molecule has 0 saturated heterocycles. The second kappa shape index (κ2) is 3.49. The van der Waals surface area contributed by atoms with Gasteiger partial charge < -0.3 is 4.98 Å². The molecule has 16 heavy (non-hydrogen) atoms. The van der Waals surface area contributed by atoms with Gasteiger partial charge in [0.1, 0.15) is 5.65 Å². The Hall–Kier alpha value is -2.09. The maximum Gasteiger partial charge on any atom is 0.137 e. The first-order valence-electron chi connectivity index (χ1n) is 5.34. The highest BCUT2D eigenvalue weighted by atomic mass is 14.8. The number of fused-ring (bicyclic) bond motifs is 1. The van der Waals surface area contributed by atoms with Gasteiger partial charge in [0.25, 0.3) is 0 Å². The van der Waals surface area contributed by atoms with Crippen LogP contribution in [0.15, 0.2) is 48.7 Å². The Labute approximate surface area is 94.0 Å². The Balaban J connectivity index is 2.15. The number of hydrogen-bond acceptors (Lipinski definition) is 1. The zero-order valence-electron chi connectivity index (χ0n) is 9.07. The van der Waals surface area contributed by atoms with Crippen LogP contribution < -0.4 is 0 Å². The Morgan fingerprint density at radius 1 is 1.06 bits per heavy atom. The van der Waals surface area contributed by atoms with Crippen molar-refractivity contribution in [2.24, 2.45) is 0 Å². The van der Waals surface area contributed by atoms with Crippen LogP contribution in [-0.2, 0) is 0 Å². The average Bonchev–Trinajstić information content (AvgIpc) is 2.73. The summed E-state index contributed by atoms with van der Waals surface area (Å²) in [6.07, 6.45) is 1.80. The molecular formula is C14H12N2. The molecular weight excluding hydrogens is 196 g/mol. The molecule has 3 rings (SSSR count). The van der Waals surface area contributed by atoms with Crippen LogP contribution in [0.25, 0.3) is 22.3 Å². The molecule has 2 nitrogen and oxygen atoms in total. The standard InChI is InChI=1S/C14H12N2/c1-10-4-6-11(7-5-10)13-9-12-3-2-8-15-14(12)16-13/h2-9H,1H3,(H,15,16). The number of nitrogens with zero attached hydrogens (tertiary/aromatic N) is 1. The smallest absolute Gasteiger partial charge is 0.137 e. The van der Waals surface area contributed by atoms with Crippen molar-refractivity contribution in [3.05, 3.63) is 54.2 Å². The lowest BCUT2D eigenvalue weighted by Gasteiger charge is -1.97. The summed E-state index contributed by atoms with van der Waals surface area (Å²) in [5.74, 6) is 0. The van der Waals surface area contributed by atoms with E-state index in [0.717, 1.165) is 16.7 Å². The number of aromatic amines is 1. The van der Waals surface area contributed by atoms with E-state index in [9.17, 15) is 0 Å². The quantitative estimate of drug-likeness (QED) is 0.651. The van der Waals surface area contributed by atoms with Gasteiger partial charge in [-0.1, -0.05) is 29.8 Å². The molecule has 0 radical (unpaired) electrons. The van der Waals surface area contributed by atoms with Crippen LogP contribution in [0, 0.1) is 6.92 Å². The predicted molar refractivity (Wildman–Crippen MR) is 66.3 cm³/mol. The third kappa shape index (κ3) is 1.48. The summed E-state index contributed by atoms with van der Waals surface area (Å²) in [5, 5.41) is 1.15. The minimum atomic E-state index is 0.943. The Kier molecular flexibility index (Phi) is 2.00. The van der Waals surface area contributed by atoms with Gasteiger partial charge in [0.15, 0.2) is 0 Å². The number of benzene rings is 1. The normalized spacial score (nSPS) is 10.8. The van der Waals surface area contributed by atoms with E-state index < -0.39 is 0 Å². The lowest BCUT2D eigenvalue weighted by Crippen LogP contribution is -1.78. The van der Waals surface area contributed by atoms with E-state index in [0.29, 0.717) is 0 Å². The minimum Gasteiger partial charge on any atom is -0.339 e. The van der Waals surface area contributed by atoms with Crippen molar-refractivity contribution in [3.63, 3.8) is 0 Å². The molecule has 0 fully saturated rings. The third-order valence-corrected chi connectivity index (χ3v) is 2.75. The fraction of sp³-hybridized carbons (Fsp3) is 0.0714. The van der Waals surface area contributed by atoms with Gasteiger partial charge in [-0.05, 0) is 30.7 Å². The van der Waals surface area contributed by atoms with Crippen molar-refractivity contribution in [1.82, 2.24) is 9.97 Å². The van der Waals surface area contributed by atoms with Crippen molar-refractivity contribution >= 4 is 11.0 Å². The second-order valence-corrected chi connectivity index (χ2v) is 3.99. The summed E-state index contributed by atoms with van der Waals surface area (Å²) < 4.78 is 0. The Morgan fingerprint density at radius 2 is 1.88 bits per heavy atom. The summed E-state index contributed by atoms with van der Waals surface area (Å²) >= 11 is 0. The van der Waals surface area contributed by atoms with Crippen molar-refractivity contribution in [2.45, 2.75) is 6.92 Å². The fourth-order valence-corrected chi connectivity index (χ4v) is 1.85. The fourth-order valence-electron chi connectivity index (χ4n) is 1.85. The average molecular weight is 208 g/mol. The molecule has 0 bridgehead atoms. The number of aryl methyl sites for hydroxylation is 1. The van der Waals surface area contributed by atoms with Crippen molar-refractivity contribution in [1.29, 1.82) is 0 Å². The molecule has 3 aromatic rings. The first kappa shape index (κ1) is 9.16. The molecule has 0 amide bonds. The SMILES string of the molecule is Cc1ccc(-c2cc3cccnc3[nH]2)cc1. The molecule has 0 spiro atoms. The molecule has 0 aliphatic carbocycles. The summed E-state index contributed by atoms with van der Waals surface area (Å²) in [6.45, 7) is 2.09. The third-order valence-electron chi connectivity index (χ3n) is 2.75. The first-order chi connectivity index (χ1) is 7.83. The van der Waals surface area contributed by atoms with Crippen molar-refractivity contribution in [2.75, 3.05) is 0 Å². The molecule has 0 aliphatic heterocycles. The molecule has 1 aromatic carbocycles. The van der Waals surface area contributed by atoms with Crippen LogP contribution in [0.3, 0.4) is 0 Å². The van der Waals surface area contributed by atoms with E-state index >= 15 is 0 Å². The molecule has 0 saturated carbocycles. The zero-order valence-corrected chi connectivity index (χ0v) is 9.07. The molecule has 0 aliphatic rings. The van der Waals surface area contributed by atoms with E-state index in [2.05, 4.69) is 53.3 Å². The lowest BCUT2D eigenvalue weighted by molar-refractivity contribution is 1.32. The number of hydrogen-bond donors (Lipinski definition) is 1. The van der Waals surface area contributed by atoms with Gasteiger partial charge in [0.05, 0.1) is 0 Å². The highest BCUT2D eigenvalue weighted by molar-refractivity contribution is 5.82. The summed E-state index contributed by atoms with van der Waals surface area (Å²) in [6, 6.07) is 14.6. The molecule has 0 atom stereocenters. The van der Waals surface area contributed by atoms with Gasteiger partial charge >= 0.3 is 0 Å². The number of rotatable bonds is 1. The molecule has 1 N–H and O–H groups in total. The van der Waals surface area contributed by atoms with Crippen molar-refractivity contribution in [3.8, 4) is 11.3 Å². The Bertz CT molecular complexity index is 588. The summed E-state index contributed by atoms with van der Waals surface area (Å²) in [5.41, 5.74) is 4.54. The number of aromatic nitrogens is 2. The maximum absolute atomic E-state index is 4.29. The minimum absolute atomic E-state index is 0.943. The monoisotopic (exact) mass is 208 g/mol. The van der Waals surface area contributed by atoms with E-state index in [1.54, 1.807) is 6.20 Å². The molecule has 0 unspecified atom stereocenters. The van der Waals surface area contributed by atoms with E-state index in [4.69, 9.17) is 0 Å². The van der Waals surface area contributed by atoms with Crippen molar-refractivity contribution < 1.29 is 0 Å². The summed E-state index contributed by atoms with van der Waals surface area (Å²) in [7, 11) is 0. The van der Waals surface area contributed by atoms with Gasteiger partial charge in [-0.3, -0.25) is 0 Å². The first-order valence-corrected chi connectivity index (χ1v) is 5.34. The predicted octanol–water partition coefficient (Wildman–Crippen LogP) is 3.54. The van der Waals surface area contributed by atoms with Gasteiger partial charge in [0, 0.05) is 17.3 Å². The van der Waals surface area contributed by atoms with Crippen LogP contribution in [0.5, 0.6) is 0 Å². The van der Waals surface area contributed by atoms with Crippen LogP contribution in [0.4, 0.5) is 0 Å². The molecule has 2 heterocycles. The zero-order chi connectivity index (χ0) is 11.0. The lowest BCUT2D eigenvalue weighted by atomic mass is 10.1. The molecule has 2 aromatic heterocycles. The topological polar surface area (TPSA) is 28.7 Å². The summed E-state index contributed by atoms with van der Waals surface area (Å²) in [4.78, 5) is 7.61. The largest absolute Gasteiger partial charge is 0.339 e. The van der Waals surface area contributed by atoms with Gasteiger partial charge in [0.2, 0.25) is 0 Å². The van der Waals surface area contributed by atoms with Crippen LogP contribution in [-0.4, -0.2) is 9.97 Å². The van der Waals surface area contributed by atoms with Gasteiger partial charge in [-0.2, -0.15) is 0 Å². The number of pyridine rings is 1. The molecule has 78 valence electrons. The van der Waals surface area contributed by atoms with E-state index in [1.807, 2.05) is 6.07 Å². The van der Waals surface area contributed by atoms with Crippen LogP contribution >= 0.6 is 0 Å². The number of nitrogens with one attached hydrogen (secondary N) is 1. The highest BCUT2D eigenvalue weighted by Gasteiger charge is 2.02. The van der Waals surface area contributed by atoms with Gasteiger partial charge in [-0.25, -0.2) is 4.98 Å². The van der Waals surface area contributed by atoms with Crippen LogP contribution in [0.1, 0.15) is 5.56 Å². The second-order valence-electron chi connectivity index (χ2n) is 3.99. The Morgan fingerprint density at radius 3 is 2.62 bits per heavy atom. The molecule has 2 heteroatoms. The van der Waals surface area contributed by atoms with Gasteiger partial charge in [-0.15, -0.1) is 0 Å². The van der Waals surface area contributed by atoms with E-state index in [-0.39, 0.29) is 0 Å². The maximum atomic E-state index is 4.29. The highest BCUT2D eigenvalue weighted by Crippen LogP contribution is 2.22.